The molecule has 0 aliphatic rings. The van der Waals surface area contributed by atoms with E-state index in [0.29, 0.717) is 6.42 Å². The maximum atomic E-state index is 11.3. The van der Waals surface area contributed by atoms with Crippen LogP contribution in [0.2, 0.25) is 0 Å². The lowest BCUT2D eigenvalue weighted by Gasteiger charge is -2.13. The van der Waals surface area contributed by atoms with Crippen LogP contribution in [0.5, 0.6) is 5.75 Å². The quantitative estimate of drug-likeness (QED) is 0.750. The van der Waals surface area contributed by atoms with Crippen LogP contribution in [0.4, 0.5) is 0 Å². The molecule has 2 nitrogen and oxygen atoms in total. The summed E-state index contributed by atoms with van der Waals surface area (Å²) in [5, 5.41) is 0. The number of ether oxygens (including phenoxy) is 1. The molecule has 1 atom stereocenters. The third-order valence-corrected chi connectivity index (χ3v) is 3.02. The van der Waals surface area contributed by atoms with E-state index in [-0.39, 0.29) is 5.92 Å². The van der Waals surface area contributed by atoms with Crippen molar-refractivity contribution in [1.29, 1.82) is 0 Å². The molecule has 92 valence electrons. The monoisotopic (exact) mass is 240 g/mol. The van der Waals surface area contributed by atoms with E-state index in [1.807, 2.05) is 54.6 Å². The lowest BCUT2D eigenvalue weighted by molar-refractivity contribution is -0.109. The summed E-state index contributed by atoms with van der Waals surface area (Å²) >= 11 is 0. The second kappa shape index (κ2) is 6.01. The van der Waals surface area contributed by atoms with Gasteiger partial charge in [-0.2, -0.15) is 0 Å². The van der Waals surface area contributed by atoms with Crippen LogP contribution in [-0.4, -0.2) is 13.4 Å². The Bertz CT molecular complexity index is 506. The van der Waals surface area contributed by atoms with Crippen molar-refractivity contribution >= 4 is 6.29 Å². The zero-order chi connectivity index (χ0) is 12.8. The Hall–Kier alpha value is -2.09. The number of carbonyl (C=O) groups excluding carboxylic acids is 1. The SMILES string of the molecule is COc1ccccc1CC(C=O)c1ccccc1. The van der Waals surface area contributed by atoms with E-state index in [0.717, 1.165) is 23.2 Å². The second-order valence-corrected chi connectivity index (χ2v) is 4.17. The van der Waals surface area contributed by atoms with Crippen LogP contribution in [0.1, 0.15) is 17.0 Å². The van der Waals surface area contributed by atoms with Gasteiger partial charge in [-0.15, -0.1) is 0 Å². The Balaban J connectivity index is 2.23. The fourth-order valence-corrected chi connectivity index (χ4v) is 2.05. The largest absolute Gasteiger partial charge is 0.496 e. The highest BCUT2D eigenvalue weighted by Gasteiger charge is 2.13. The standard InChI is InChI=1S/C16H16O2/c1-18-16-10-6-5-9-14(16)11-15(12-17)13-7-3-2-4-8-13/h2-10,12,15H,11H2,1H3. The molecule has 0 aliphatic carbocycles. The number of hydrogen-bond donors (Lipinski definition) is 0. The van der Waals surface area contributed by atoms with Crippen molar-refractivity contribution in [1.82, 2.24) is 0 Å². The van der Waals surface area contributed by atoms with Gasteiger partial charge in [-0.1, -0.05) is 48.5 Å². The van der Waals surface area contributed by atoms with E-state index in [1.165, 1.54) is 0 Å². The van der Waals surface area contributed by atoms with Crippen molar-refractivity contribution in [2.24, 2.45) is 0 Å². The molecule has 0 heterocycles. The number of para-hydroxylation sites is 1. The maximum absolute atomic E-state index is 11.3. The van der Waals surface area contributed by atoms with Crippen molar-refractivity contribution in [3.8, 4) is 5.75 Å². The number of hydrogen-bond acceptors (Lipinski definition) is 2. The van der Waals surface area contributed by atoms with E-state index >= 15 is 0 Å². The molecule has 2 aromatic rings. The normalized spacial score (nSPS) is 11.8. The minimum absolute atomic E-state index is 0.123. The van der Waals surface area contributed by atoms with Crippen LogP contribution >= 0.6 is 0 Å². The Labute approximate surface area is 107 Å². The molecule has 2 heteroatoms. The number of carbonyl (C=O) groups is 1. The summed E-state index contributed by atoms with van der Waals surface area (Å²) < 4.78 is 5.31. The third kappa shape index (κ3) is 2.77. The van der Waals surface area contributed by atoms with E-state index in [9.17, 15) is 4.79 Å². The van der Waals surface area contributed by atoms with Crippen LogP contribution in [0, 0.1) is 0 Å². The van der Waals surface area contributed by atoms with Gasteiger partial charge in [-0.05, 0) is 23.6 Å². The molecule has 0 bridgehead atoms. The Kier molecular flexibility index (Phi) is 4.13. The molecule has 0 amide bonds. The van der Waals surface area contributed by atoms with Crippen LogP contribution in [-0.2, 0) is 11.2 Å². The molecule has 0 radical (unpaired) electrons. The van der Waals surface area contributed by atoms with E-state index < -0.39 is 0 Å². The predicted octanol–water partition coefficient (Wildman–Crippen LogP) is 3.22. The molecule has 0 N–H and O–H groups in total. The summed E-state index contributed by atoms with van der Waals surface area (Å²) in [5.41, 5.74) is 2.10. The summed E-state index contributed by atoms with van der Waals surface area (Å²) in [6.07, 6.45) is 1.67. The average molecular weight is 240 g/mol. The van der Waals surface area contributed by atoms with Gasteiger partial charge >= 0.3 is 0 Å². The molecule has 2 rings (SSSR count). The summed E-state index contributed by atoms with van der Waals surface area (Å²) in [7, 11) is 1.65. The van der Waals surface area contributed by atoms with Gasteiger partial charge in [0.2, 0.25) is 0 Å². The summed E-state index contributed by atoms with van der Waals surface area (Å²) in [6, 6.07) is 17.6. The fraction of sp³-hybridized carbons (Fsp3) is 0.188. The zero-order valence-electron chi connectivity index (χ0n) is 10.4. The lowest BCUT2D eigenvalue weighted by Crippen LogP contribution is -2.05. The molecule has 18 heavy (non-hydrogen) atoms. The van der Waals surface area contributed by atoms with Gasteiger partial charge in [0.05, 0.1) is 7.11 Å². The molecule has 0 aromatic heterocycles. The van der Waals surface area contributed by atoms with Crippen molar-refractivity contribution < 1.29 is 9.53 Å². The first-order valence-corrected chi connectivity index (χ1v) is 5.97. The highest BCUT2D eigenvalue weighted by Crippen LogP contribution is 2.25. The minimum atomic E-state index is -0.123. The zero-order valence-corrected chi connectivity index (χ0v) is 10.4. The maximum Gasteiger partial charge on any atom is 0.127 e. The van der Waals surface area contributed by atoms with E-state index in [2.05, 4.69) is 0 Å². The van der Waals surface area contributed by atoms with Crippen LogP contribution in [0.15, 0.2) is 54.6 Å². The summed E-state index contributed by atoms with van der Waals surface area (Å²) in [6.45, 7) is 0. The van der Waals surface area contributed by atoms with Crippen LogP contribution in [0.25, 0.3) is 0 Å². The van der Waals surface area contributed by atoms with E-state index in [4.69, 9.17) is 4.74 Å². The Morgan fingerprint density at radius 1 is 1.06 bits per heavy atom. The molecular formula is C16H16O2. The predicted molar refractivity (Wildman–Crippen MR) is 71.9 cm³/mol. The van der Waals surface area contributed by atoms with Crippen LogP contribution in [0.3, 0.4) is 0 Å². The molecule has 1 unspecified atom stereocenters. The van der Waals surface area contributed by atoms with Gasteiger partial charge in [0.1, 0.15) is 12.0 Å². The highest BCUT2D eigenvalue weighted by atomic mass is 16.5. The fourth-order valence-electron chi connectivity index (χ4n) is 2.05. The number of benzene rings is 2. The van der Waals surface area contributed by atoms with E-state index in [1.54, 1.807) is 7.11 Å². The van der Waals surface area contributed by atoms with Crippen molar-refractivity contribution in [2.45, 2.75) is 12.3 Å². The second-order valence-electron chi connectivity index (χ2n) is 4.17. The van der Waals surface area contributed by atoms with Gasteiger partial charge in [0.25, 0.3) is 0 Å². The van der Waals surface area contributed by atoms with Gasteiger partial charge < -0.3 is 9.53 Å². The molecule has 0 saturated carbocycles. The summed E-state index contributed by atoms with van der Waals surface area (Å²) in [4.78, 5) is 11.3. The lowest BCUT2D eigenvalue weighted by atomic mass is 9.93. The molecule has 0 saturated heterocycles. The Morgan fingerprint density at radius 3 is 2.39 bits per heavy atom. The van der Waals surface area contributed by atoms with Crippen molar-refractivity contribution in [3.63, 3.8) is 0 Å². The van der Waals surface area contributed by atoms with Crippen molar-refractivity contribution in [2.75, 3.05) is 7.11 Å². The summed E-state index contributed by atoms with van der Waals surface area (Å²) in [5.74, 6) is 0.711. The Morgan fingerprint density at radius 2 is 1.72 bits per heavy atom. The van der Waals surface area contributed by atoms with Crippen LogP contribution < -0.4 is 4.74 Å². The average Bonchev–Trinajstić information content (AvgIpc) is 2.46. The minimum Gasteiger partial charge on any atom is -0.496 e. The number of rotatable bonds is 5. The highest BCUT2D eigenvalue weighted by molar-refractivity contribution is 5.63. The first kappa shape index (κ1) is 12.4. The first-order valence-electron chi connectivity index (χ1n) is 5.97. The number of methoxy groups -OCH3 is 1. The number of aldehydes is 1. The topological polar surface area (TPSA) is 26.3 Å². The molecule has 2 aromatic carbocycles. The smallest absolute Gasteiger partial charge is 0.127 e. The van der Waals surface area contributed by atoms with Gasteiger partial charge in [0.15, 0.2) is 0 Å². The van der Waals surface area contributed by atoms with Crippen molar-refractivity contribution in [3.05, 3.63) is 65.7 Å². The molecule has 0 aliphatic heterocycles. The third-order valence-electron chi connectivity index (χ3n) is 3.02. The molecule has 0 fully saturated rings. The van der Waals surface area contributed by atoms with Gasteiger partial charge in [-0.3, -0.25) is 0 Å². The first-order chi connectivity index (χ1) is 8.85. The van der Waals surface area contributed by atoms with Gasteiger partial charge in [-0.25, -0.2) is 0 Å². The van der Waals surface area contributed by atoms with Gasteiger partial charge in [0, 0.05) is 5.92 Å². The molecule has 0 spiro atoms. The molecular weight excluding hydrogens is 224 g/mol.